The zero-order valence-corrected chi connectivity index (χ0v) is 13.2. The minimum Gasteiger partial charge on any atom is -0.326 e. The van der Waals surface area contributed by atoms with Gasteiger partial charge in [0.1, 0.15) is 0 Å². The SMILES string of the molecule is CCCCCCCCCCNCc1ccc(CN)cc1. The second-order valence-corrected chi connectivity index (χ2v) is 5.67. The standard InChI is InChI=1S/C18H32N2/c1-2-3-4-5-6-7-8-9-14-20-16-18-12-10-17(15-19)11-13-18/h10-13,20H,2-9,14-16,19H2,1H3. The first-order valence-electron chi connectivity index (χ1n) is 8.35. The minimum absolute atomic E-state index is 0.631. The molecule has 0 aliphatic heterocycles. The predicted octanol–water partition coefficient (Wildman–Crippen LogP) is 4.38. The first kappa shape index (κ1) is 17.2. The van der Waals surface area contributed by atoms with Crippen LogP contribution in [-0.2, 0) is 13.1 Å². The zero-order valence-electron chi connectivity index (χ0n) is 13.2. The summed E-state index contributed by atoms with van der Waals surface area (Å²) < 4.78 is 0. The van der Waals surface area contributed by atoms with E-state index in [0.717, 1.165) is 13.1 Å². The van der Waals surface area contributed by atoms with Gasteiger partial charge in [0.05, 0.1) is 0 Å². The van der Waals surface area contributed by atoms with E-state index in [1.165, 1.54) is 62.5 Å². The van der Waals surface area contributed by atoms with Crippen LogP contribution in [0.1, 0.15) is 69.4 Å². The highest BCUT2D eigenvalue weighted by molar-refractivity contribution is 5.22. The molecule has 0 radical (unpaired) electrons. The second kappa shape index (κ2) is 11.9. The summed E-state index contributed by atoms with van der Waals surface area (Å²) >= 11 is 0. The zero-order chi connectivity index (χ0) is 14.5. The number of hydrogen-bond acceptors (Lipinski definition) is 2. The maximum absolute atomic E-state index is 5.59. The molecule has 0 bridgehead atoms. The van der Waals surface area contributed by atoms with Crippen molar-refractivity contribution in [2.24, 2.45) is 5.73 Å². The van der Waals surface area contributed by atoms with Gasteiger partial charge in [-0.3, -0.25) is 0 Å². The van der Waals surface area contributed by atoms with Gasteiger partial charge in [0.25, 0.3) is 0 Å². The minimum atomic E-state index is 0.631. The fraction of sp³-hybridized carbons (Fsp3) is 0.667. The molecule has 0 amide bonds. The van der Waals surface area contributed by atoms with Crippen molar-refractivity contribution in [2.45, 2.75) is 71.4 Å². The topological polar surface area (TPSA) is 38.0 Å². The molecule has 0 saturated heterocycles. The van der Waals surface area contributed by atoms with Gasteiger partial charge < -0.3 is 11.1 Å². The lowest BCUT2D eigenvalue weighted by Crippen LogP contribution is -2.14. The van der Waals surface area contributed by atoms with Crippen LogP contribution in [0.25, 0.3) is 0 Å². The van der Waals surface area contributed by atoms with Crippen molar-refractivity contribution in [3.63, 3.8) is 0 Å². The van der Waals surface area contributed by atoms with E-state index in [1.807, 2.05) is 0 Å². The first-order valence-corrected chi connectivity index (χ1v) is 8.35. The smallest absolute Gasteiger partial charge is 0.0205 e. The summed E-state index contributed by atoms with van der Waals surface area (Å²) in [5.74, 6) is 0. The number of unbranched alkanes of at least 4 members (excludes halogenated alkanes) is 7. The van der Waals surface area contributed by atoms with E-state index in [0.29, 0.717) is 6.54 Å². The summed E-state index contributed by atoms with van der Waals surface area (Å²) in [6.45, 7) is 5.01. The normalized spacial score (nSPS) is 10.9. The quantitative estimate of drug-likeness (QED) is 0.556. The highest BCUT2D eigenvalue weighted by Gasteiger charge is 1.94. The van der Waals surface area contributed by atoms with Crippen molar-refractivity contribution in [3.05, 3.63) is 35.4 Å². The molecule has 3 N–H and O–H groups in total. The van der Waals surface area contributed by atoms with E-state index < -0.39 is 0 Å². The van der Waals surface area contributed by atoms with Crippen LogP contribution in [0.3, 0.4) is 0 Å². The van der Waals surface area contributed by atoms with E-state index in [-0.39, 0.29) is 0 Å². The molecule has 0 aliphatic carbocycles. The lowest BCUT2D eigenvalue weighted by Gasteiger charge is -2.06. The molecule has 2 nitrogen and oxygen atoms in total. The van der Waals surface area contributed by atoms with Gasteiger partial charge in [-0.2, -0.15) is 0 Å². The third-order valence-electron chi connectivity index (χ3n) is 3.79. The van der Waals surface area contributed by atoms with Crippen molar-refractivity contribution in [3.8, 4) is 0 Å². The van der Waals surface area contributed by atoms with Gasteiger partial charge in [-0.25, -0.2) is 0 Å². The number of hydrogen-bond donors (Lipinski definition) is 2. The van der Waals surface area contributed by atoms with Crippen LogP contribution >= 0.6 is 0 Å². The molecule has 2 heteroatoms. The van der Waals surface area contributed by atoms with Crippen LogP contribution in [0.15, 0.2) is 24.3 Å². The van der Waals surface area contributed by atoms with Gasteiger partial charge in [0.2, 0.25) is 0 Å². The van der Waals surface area contributed by atoms with Crippen molar-refractivity contribution in [1.82, 2.24) is 5.32 Å². The molecule has 0 fully saturated rings. The molecule has 1 aromatic carbocycles. The van der Waals surface area contributed by atoms with Crippen molar-refractivity contribution in [1.29, 1.82) is 0 Å². The van der Waals surface area contributed by atoms with Crippen LogP contribution in [0, 0.1) is 0 Å². The first-order chi connectivity index (χ1) is 9.86. The third-order valence-corrected chi connectivity index (χ3v) is 3.79. The summed E-state index contributed by atoms with van der Waals surface area (Å²) in [4.78, 5) is 0. The number of benzene rings is 1. The van der Waals surface area contributed by atoms with Gasteiger partial charge in [0.15, 0.2) is 0 Å². The highest BCUT2D eigenvalue weighted by Crippen LogP contribution is 2.08. The molecule has 20 heavy (non-hydrogen) atoms. The van der Waals surface area contributed by atoms with E-state index in [4.69, 9.17) is 5.73 Å². The summed E-state index contributed by atoms with van der Waals surface area (Å²) in [6, 6.07) is 8.58. The summed E-state index contributed by atoms with van der Waals surface area (Å²) in [7, 11) is 0. The molecular weight excluding hydrogens is 244 g/mol. The van der Waals surface area contributed by atoms with Crippen molar-refractivity contribution in [2.75, 3.05) is 6.54 Å². The van der Waals surface area contributed by atoms with E-state index in [2.05, 4.69) is 36.5 Å². The van der Waals surface area contributed by atoms with Gasteiger partial charge >= 0.3 is 0 Å². The fourth-order valence-corrected chi connectivity index (χ4v) is 2.41. The maximum Gasteiger partial charge on any atom is 0.0205 e. The predicted molar refractivity (Wildman–Crippen MR) is 88.7 cm³/mol. The monoisotopic (exact) mass is 276 g/mol. The van der Waals surface area contributed by atoms with Gasteiger partial charge in [-0.15, -0.1) is 0 Å². The average Bonchev–Trinajstić information content (AvgIpc) is 2.50. The third kappa shape index (κ3) is 8.34. The highest BCUT2D eigenvalue weighted by atomic mass is 14.8. The largest absolute Gasteiger partial charge is 0.326 e. The van der Waals surface area contributed by atoms with Crippen LogP contribution in [-0.4, -0.2) is 6.54 Å². The Labute approximate surface area is 125 Å². The van der Waals surface area contributed by atoms with Gasteiger partial charge in [-0.05, 0) is 24.1 Å². The molecule has 0 heterocycles. The molecule has 114 valence electrons. The fourth-order valence-electron chi connectivity index (χ4n) is 2.41. The molecule has 1 aromatic rings. The molecule has 1 rings (SSSR count). The summed E-state index contributed by atoms with van der Waals surface area (Å²) in [5.41, 5.74) is 8.14. The Morgan fingerprint density at radius 2 is 1.35 bits per heavy atom. The second-order valence-electron chi connectivity index (χ2n) is 5.67. The molecule has 0 saturated carbocycles. The van der Waals surface area contributed by atoms with Crippen molar-refractivity contribution < 1.29 is 0 Å². The Bertz CT molecular complexity index is 319. The van der Waals surface area contributed by atoms with Crippen LogP contribution < -0.4 is 11.1 Å². The average molecular weight is 276 g/mol. The molecule has 0 aliphatic rings. The van der Waals surface area contributed by atoms with Crippen molar-refractivity contribution >= 4 is 0 Å². The Morgan fingerprint density at radius 1 is 0.800 bits per heavy atom. The lowest BCUT2D eigenvalue weighted by molar-refractivity contribution is 0.555. The number of rotatable bonds is 12. The van der Waals surface area contributed by atoms with E-state index >= 15 is 0 Å². The summed E-state index contributed by atoms with van der Waals surface area (Å²) in [5, 5.41) is 3.52. The maximum atomic E-state index is 5.59. The van der Waals surface area contributed by atoms with Gasteiger partial charge in [0, 0.05) is 13.1 Å². The Kier molecular flexibility index (Phi) is 10.3. The van der Waals surface area contributed by atoms with Crippen LogP contribution in [0.5, 0.6) is 0 Å². The Hall–Kier alpha value is -0.860. The van der Waals surface area contributed by atoms with E-state index in [9.17, 15) is 0 Å². The van der Waals surface area contributed by atoms with E-state index in [1.54, 1.807) is 0 Å². The molecule has 0 spiro atoms. The van der Waals surface area contributed by atoms with Gasteiger partial charge in [-0.1, -0.05) is 76.1 Å². The molecule has 0 unspecified atom stereocenters. The number of nitrogens with one attached hydrogen (secondary N) is 1. The Balaban J connectivity index is 1.91. The summed E-state index contributed by atoms with van der Waals surface area (Å²) in [6.07, 6.45) is 11.1. The number of nitrogens with two attached hydrogens (primary N) is 1. The Morgan fingerprint density at radius 3 is 1.95 bits per heavy atom. The lowest BCUT2D eigenvalue weighted by atomic mass is 10.1. The molecule has 0 aromatic heterocycles. The molecular formula is C18H32N2. The van der Waals surface area contributed by atoms with Crippen LogP contribution in [0.2, 0.25) is 0 Å². The van der Waals surface area contributed by atoms with Crippen LogP contribution in [0.4, 0.5) is 0 Å². The molecule has 0 atom stereocenters.